The summed E-state index contributed by atoms with van der Waals surface area (Å²) in [6, 6.07) is 0. The molecule has 1 aromatic rings. The zero-order chi connectivity index (χ0) is 8.97. The number of nitrogen functional groups attached to an aromatic ring is 1. The van der Waals surface area contributed by atoms with Gasteiger partial charge in [-0.15, -0.1) is 0 Å². The minimum Gasteiger partial charge on any atom is -0.379 e. The molecule has 0 aliphatic carbocycles. The first-order valence-electron chi connectivity index (χ1n) is 3.32. The number of carbonyl (C=O) groups excluding carboxylic acids is 1. The number of nitrogens with two attached hydrogens (primary N) is 2. The predicted octanol–water partition coefficient (Wildman–Crippen LogP) is -1.66. The third-order valence-corrected chi connectivity index (χ3v) is 1.16. The molecule has 0 spiro atoms. The molecule has 0 saturated carbocycles. The van der Waals surface area contributed by atoms with Gasteiger partial charge in [-0.2, -0.15) is 0 Å². The first-order chi connectivity index (χ1) is 5.75. The number of aromatic nitrogens is 2. The Morgan fingerprint density at radius 1 is 1.58 bits per heavy atom. The lowest BCUT2D eigenvalue weighted by Crippen LogP contribution is -2.29. The van der Waals surface area contributed by atoms with E-state index < -0.39 is 5.91 Å². The second-order valence-corrected chi connectivity index (χ2v) is 2.04. The summed E-state index contributed by atoms with van der Waals surface area (Å²) in [7, 11) is 0. The van der Waals surface area contributed by atoms with Crippen LogP contribution in [0.15, 0.2) is 4.63 Å². The monoisotopic (exact) mass is 171 g/mol. The number of rotatable bonds is 3. The van der Waals surface area contributed by atoms with Gasteiger partial charge in [0.25, 0.3) is 5.91 Å². The highest BCUT2D eigenvalue weighted by molar-refractivity contribution is 5.95. The Hall–Kier alpha value is -1.63. The van der Waals surface area contributed by atoms with Crippen LogP contribution in [0.3, 0.4) is 0 Å². The van der Waals surface area contributed by atoms with E-state index in [0.717, 1.165) is 0 Å². The summed E-state index contributed by atoms with van der Waals surface area (Å²) in [5.41, 5.74) is 10.4. The van der Waals surface area contributed by atoms with Crippen LogP contribution in [0.25, 0.3) is 0 Å². The van der Waals surface area contributed by atoms with Crippen LogP contribution in [-0.2, 0) is 0 Å². The van der Waals surface area contributed by atoms with Gasteiger partial charge in [0, 0.05) is 13.1 Å². The highest BCUT2D eigenvalue weighted by Crippen LogP contribution is 2.02. The molecule has 0 aliphatic rings. The van der Waals surface area contributed by atoms with E-state index in [1.807, 2.05) is 0 Å². The minimum atomic E-state index is -0.431. The van der Waals surface area contributed by atoms with Crippen molar-refractivity contribution in [3.8, 4) is 0 Å². The average Bonchev–Trinajstić information content (AvgIpc) is 2.47. The number of amides is 1. The normalized spacial score (nSPS) is 9.75. The van der Waals surface area contributed by atoms with Crippen molar-refractivity contribution in [3.05, 3.63) is 5.69 Å². The lowest BCUT2D eigenvalue weighted by atomic mass is 10.4. The quantitative estimate of drug-likeness (QED) is 0.500. The highest BCUT2D eigenvalue weighted by atomic mass is 16.6. The van der Waals surface area contributed by atoms with E-state index in [1.54, 1.807) is 0 Å². The fourth-order valence-corrected chi connectivity index (χ4v) is 0.622. The Morgan fingerprint density at radius 2 is 2.33 bits per heavy atom. The molecule has 7 heteroatoms. The summed E-state index contributed by atoms with van der Waals surface area (Å²) in [5.74, 6) is -0.455. The molecule has 0 fully saturated rings. The fourth-order valence-electron chi connectivity index (χ4n) is 0.622. The summed E-state index contributed by atoms with van der Waals surface area (Å²) >= 11 is 0. The average molecular weight is 171 g/mol. The Morgan fingerprint density at radius 3 is 2.83 bits per heavy atom. The predicted molar refractivity (Wildman–Crippen MR) is 40.1 cm³/mol. The molecule has 0 aromatic carbocycles. The summed E-state index contributed by atoms with van der Waals surface area (Å²) in [4.78, 5) is 11.1. The minimum absolute atomic E-state index is 0.0107. The third-order valence-electron chi connectivity index (χ3n) is 1.16. The summed E-state index contributed by atoms with van der Waals surface area (Å²) in [6.45, 7) is 0.724. The Kier molecular flexibility index (Phi) is 2.59. The van der Waals surface area contributed by atoms with Crippen molar-refractivity contribution in [3.63, 3.8) is 0 Å². The molecule has 1 aromatic heterocycles. The molecule has 5 N–H and O–H groups in total. The molecule has 7 nitrogen and oxygen atoms in total. The Balaban J connectivity index is 2.59. The summed E-state index contributed by atoms with van der Waals surface area (Å²) < 4.78 is 4.23. The van der Waals surface area contributed by atoms with E-state index in [0.29, 0.717) is 13.1 Å². The van der Waals surface area contributed by atoms with Crippen LogP contribution in [0.1, 0.15) is 10.5 Å². The number of hydrogen-bond acceptors (Lipinski definition) is 6. The maximum Gasteiger partial charge on any atom is 0.277 e. The number of hydrogen-bond donors (Lipinski definition) is 3. The lowest BCUT2D eigenvalue weighted by Gasteiger charge is -1.98. The first-order valence-corrected chi connectivity index (χ1v) is 3.32. The largest absolute Gasteiger partial charge is 0.379 e. The Labute approximate surface area is 68.1 Å². The standard InChI is InChI=1S/C5H9N5O2/c6-1-2-8-5(11)3-4(7)10-12-9-3/h1-2,6H2,(H2,7,10)(H,8,11). The van der Waals surface area contributed by atoms with E-state index in [1.165, 1.54) is 0 Å². The molecule has 12 heavy (non-hydrogen) atoms. The van der Waals surface area contributed by atoms with Crippen molar-refractivity contribution in [2.75, 3.05) is 18.8 Å². The zero-order valence-electron chi connectivity index (χ0n) is 6.28. The molecule has 0 bridgehead atoms. The molecule has 0 aliphatic heterocycles. The Bertz CT molecular complexity index is 271. The molecular formula is C5H9N5O2. The van der Waals surface area contributed by atoms with E-state index in [-0.39, 0.29) is 11.5 Å². The summed E-state index contributed by atoms with van der Waals surface area (Å²) in [6.07, 6.45) is 0. The van der Waals surface area contributed by atoms with Gasteiger partial charge in [0.2, 0.25) is 11.5 Å². The molecule has 0 saturated heterocycles. The number of nitrogens with zero attached hydrogens (tertiary/aromatic N) is 2. The number of nitrogens with one attached hydrogen (secondary N) is 1. The van der Waals surface area contributed by atoms with Crippen LogP contribution in [0, 0.1) is 0 Å². The molecule has 1 rings (SSSR count). The van der Waals surface area contributed by atoms with E-state index >= 15 is 0 Å². The van der Waals surface area contributed by atoms with Crippen molar-refractivity contribution in [1.82, 2.24) is 15.6 Å². The van der Waals surface area contributed by atoms with Gasteiger partial charge in [-0.1, -0.05) is 0 Å². The van der Waals surface area contributed by atoms with Crippen molar-refractivity contribution >= 4 is 11.7 Å². The maximum absolute atomic E-state index is 11.1. The zero-order valence-corrected chi connectivity index (χ0v) is 6.28. The molecule has 0 radical (unpaired) electrons. The maximum atomic E-state index is 11.1. The molecular weight excluding hydrogens is 162 g/mol. The molecule has 1 heterocycles. The SMILES string of the molecule is NCCNC(=O)c1nonc1N. The van der Waals surface area contributed by atoms with Crippen molar-refractivity contribution < 1.29 is 9.42 Å². The highest BCUT2D eigenvalue weighted by Gasteiger charge is 2.14. The second kappa shape index (κ2) is 3.67. The van der Waals surface area contributed by atoms with Gasteiger partial charge in [0.15, 0.2) is 0 Å². The van der Waals surface area contributed by atoms with E-state index in [2.05, 4.69) is 20.3 Å². The first kappa shape index (κ1) is 8.47. The fraction of sp³-hybridized carbons (Fsp3) is 0.400. The van der Waals surface area contributed by atoms with E-state index in [9.17, 15) is 4.79 Å². The second-order valence-electron chi connectivity index (χ2n) is 2.04. The number of anilines is 1. The van der Waals surface area contributed by atoms with Crippen LogP contribution in [0.2, 0.25) is 0 Å². The molecule has 0 atom stereocenters. The van der Waals surface area contributed by atoms with Gasteiger partial charge in [-0.05, 0) is 10.3 Å². The third kappa shape index (κ3) is 1.70. The van der Waals surface area contributed by atoms with Crippen molar-refractivity contribution in [1.29, 1.82) is 0 Å². The van der Waals surface area contributed by atoms with Gasteiger partial charge in [-0.3, -0.25) is 4.79 Å². The van der Waals surface area contributed by atoms with Crippen LogP contribution in [0.4, 0.5) is 5.82 Å². The van der Waals surface area contributed by atoms with Gasteiger partial charge < -0.3 is 16.8 Å². The lowest BCUT2D eigenvalue weighted by molar-refractivity contribution is 0.0945. The van der Waals surface area contributed by atoms with Crippen LogP contribution < -0.4 is 16.8 Å². The van der Waals surface area contributed by atoms with Gasteiger partial charge >= 0.3 is 0 Å². The summed E-state index contributed by atoms with van der Waals surface area (Å²) in [5, 5.41) is 9.02. The van der Waals surface area contributed by atoms with Crippen LogP contribution in [-0.4, -0.2) is 29.3 Å². The molecule has 66 valence electrons. The van der Waals surface area contributed by atoms with Crippen LogP contribution in [0.5, 0.6) is 0 Å². The smallest absolute Gasteiger partial charge is 0.277 e. The van der Waals surface area contributed by atoms with Crippen molar-refractivity contribution in [2.45, 2.75) is 0 Å². The topological polar surface area (TPSA) is 120 Å². The molecule has 0 unspecified atom stereocenters. The van der Waals surface area contributed by atoms with E-state index in [4.69, 9.17) is 11.5 Å². The molecule has 1 amide bonds. The number of carbonyl (C=O) groups is 1. The van der Waals surface area contributed by atoms with Gasteiger partial charge in [0.1, 0.15) is 0 Å². The van der Waals surface area contributed by atoms with Crippen LogP contribution >= 0.6 is 0 Å². The van der Waals surface area contributed by atoms with Gasteiger partial charge in [-0.25, -0.2) is 4.63 Å². The van der Waals surface area contributed by atoms with Crippen molar-refractivity contribution in [2.24, 2.45) is 5.73 Å². The van der Waals surface area contributed by atoms with Gasteiger partial charge in [0.05, 0.1) is 0 Å².